The van der Waals surface area contributed by atoms with Crippen molar-refractivity contribution in [2.75, 3.05) is 0 Å². The van der Waals surface area contributed by atoms with Crippen LogP contribution in [-0.4, -0.2) is 21.0 Å². The first-order valence-corrected chi connectivity index (χ1v) is 5.22. The fraction of sp³-hybridized carbons (Fsp3) is 0.154. The minimum Gasteiger partial charge on any atom is -0.478 e. The van der Waals surface area contributed by atoms with E-state index in [1.54, 1.807) is 6.92 Å². The summed E-state index contributed by atoms with van der Waals surface area (Å²) in [7, 11) is 0. The van der Waals surface area contributed by atoms with Crippen molar-refractivity contribution in [1.29, 1.82) is 0 Å². The molecule has 17 heavy (non-hydrogen) atoms. The number of carbonyl (C=O) groups is 1. The second kappa shape index (κ2) is 4.33. The summed E-state index contributed by atoms with van der Waals surface area (Å²) in [6.45, 7) is 3.60. The predicted molar refractivity (Wildman–Crippen MR) is 63.9 cm³/mol. The zero-order valence-electron chi connectivity index (χ0n) is 9.64. The lowest BCUT2D eigenvalue weighted by molar-refractivity contribution is 0.0696. The Kier molecular flexibility index (Phi) is 2.87. The van der Waals surface area contributed by atoms with E-state index in [9.17, 15) is 9.90 Å². The first kappa shape index (κ1) is 11.3. The van der Waals surface area contributed by atoms with Crippen LogP contribution in [-0.2, 0) is 0 Å². The second-order valence-corrected chi connectivity index (χ2v) is 3.80. The van der Waals surface area contributed by atoms with Gasteiger partial charge in [-0.25, -0.2) is 14.8 Å². The van der Waals surface area contributed by atoms with Crippen molar-refractivity contribution in [2.45, 2.75) is 13.8 Å². The van der Waals surface area contributed by atoms with Crippen LogP contribution < -0.4 is 0 Å². The molecule has 0 aliphatic rings. The third-order valence-corrected chi connectivity index (χ3v) is 2.65. The van der Waals surface area contributed by atoms with Crippen LogP contribution in [0.5, 0.6) is 0 Å². The average molecular weight is 228 g/mol. The van der Waals surface area contributed by atoms with Crippen LogP contribution in [0.15, 0.2) is 30.6 Å². The fourth-order valence-electron chi connectivity index (χ4n) is 1.77. The molecule has 0 aliphatic heterocycles. The first-order valence-electron chi connectivity index (χ1n) is 5.22. The van der Waals surface area contributed by atoms with Gasteiger partial charge in [-0.1, -0.05) is 24.3 Å². The molecular formula is C13H12N2O2. The van der Waals surface area contributed by atoms with Gasteiger partial charge in [0.25, 0.3) is 0 Å². The Bertz CT molecular complexity index is 579. The number of carboxylic acid groups (broad SMARTS) is 1. The molecule has 0 fully saturated rings. The molecule has 0 bridgehead atoms. The van der Waals surface area contributed by atoms with Crippen molar-refractivity contribution in [3.05, 3.63) is 47.4 Å². The Morgan fingerprint density at radius 1 is 1.18 bits per heavy atom. The number of nitrogens with zero attached hydrogens (tertiary/aromatic N) is 2. The number of rotatable bonds is 2. The van der Waals surface area contributed by atoms with E-state index in [1.807, 2.05) is 31.2 Å². The van der Waals surface area contributed by atoms with E-state index in [1.165, 1.54) is 6.33 Å². The van der Waals surface area contributed by atoms with E-state index in [-0.39, 0.29) is 5.56 Å². The molecule has 1 N–H and O–H groups in total. The quantitative estimate of drug-likeness (QED) is 0.857. The normalized spacial score (nSPS) is 10.2. The van der Waals surface area contributed by atoms with Gasteiger partial charge < -0.3 is 5.11 Å². The molecule has 0 aliphatic carbocycles. The van der Waals surface area contributed by atoms with Crippen LogP contribution in [0.25, 0.3) is 11.3 Å². The van der Waals surface area contributed by atoms with E-state index in [0.717, 1.165) is 11.1 Å². The first-order chi connectivity index (χ1) is 8.11. The molecule has 0 saturated carbocycles. The number of aromatic nitrogens is 2. The summed E-state index contributed by atoms with van der Waals surface area (Å²) >= 11 is 0. The van der Waals surface area contributed by atoms with E-state index in [4.69, 9.17) is 0 Å². The monoisotopic (exact) mass is 228 g/mol. The topological polar surface area (TPSA) is 63.1 Å². The highest BCUT2D eigenvalue weighted by Crippen LogP contribution is 2.25. The zero-order chi connectivity index (χ0) is 12.4. The van der Waals surface area contributed by atoms with E-state index >= 15 is 0 Å². The SMILES string of the molecule is Cc1ccccc1-c1ncnc(C)c1C(=O)O. The van der Waals surface area contributed by atoms with Gasteiger partial charge in [-0.05, 0) is 19.4 Å². The largest absolute Gasteiger partial charge is 0.478 e. The molecule has 0 atom stereocenters. The second-order valence-electron chi connectivity index (χ2n) is 3.80. The van der Waals surface area contributed by atoms with Crippen molar-refractivity contribution in [1.82, 2.24) is 9.97 Å². The molecule has 0 unspecified atom stereocenters. The van der Waals surface area contributed by atoms with Crippen molar-refractivity contribution in [3.8, 4) is 11.3 Å². The van der Waals surface area contributed by atoms with Gasteiger partial charge in [0.15, 0.2) is 0 Å². The number of hydrogen-bond acceptors (Lipinski definition) is 3. The number of benzene rings is 1. The molecular weight excluding hydrogens is 216 g/mol. The summed E-state index contributed by atoms with van der Waals surface area (Å²) in [4.78, 5) is 19.3. The van der Waals surface area contributed by atoms with Gasteiger partial charge in [0.2, 0.25) is 0 Å². The number of hydrogen-bond donors (Lipinski definition) is 1. The Morgan fingerprint density at radius 3 is 2.53 bits per heavy atom. The van der Waals surface area contributed by atoms with Crippen LogP contribution in [0, 0.1) is 13.8 Å². The van der Waals surface area contributed by atoms with Gasteiger partial charge in [-0.2, -0.15) is 0 Å². The van der Waals surface area contributed by atoms with Crippen LogP contribution in [0.4, 0.5) is 0 Å². The smallest absolute Gasteiger partial charge is 0.339 e. The molecule has 4 heteroatoms. The van der Waals surface area contributed by atoms with Gasteiger partial charge in [-0.3, -0.25) is 0 Å². The molecule has 1 heterocycles. The molecule has 1 aromatic heterocycles. The Balaban J connectivity index is 2.72. The molecule has 0 spiro atoms. The average Bonchev–Trinajstić information content (AvgIpc) is 2.28. The molecule has 2 rings (SSSR count). The third-order valence-electron chi connectivity index (χ3n) is 2.65. The molecule has 2 aromatic rings. The lowest BCUT2D eigenvalue weighted by atomic mass is 10.0. The van der Waals surface area contributed by atoms with Gasteiger partial charge in [-0.15, -0.1) is 0 Å². The van der Waals surface area contributed by atoms with Gasteiger partial charge >= 0.3 is 5.97 Å². The number of carboxylic acids is 1. The highest BCUT2D eigenvalue weighted by atomic mass is 16.4. The van der Waals surface area contributed by atoms with Crippen LogP contribution >= 0.6 is 0 Å². The predicted octanol–water partition coefficient (Wildman–Crippen LogP) is 2.46. The van der Waals surface area contributed by atoms with E-state index in [2.05, 4.69) is 9.97 Å². The molecule has 4 nitrogen and oxygen atoms in total. The van der Waals surface area contributed by atoms with Crippen LogP contribution in [0.3, 0.4) is 0 Å². The maximum atomic E-state index is 11.2. The van der Waals surface area contributed by atoms with Crippen molar-refractivity contribution in [3.63, 3.8) is 0 Å². The third kappa shape index (κ3) is 2.01. The zero-order valence-corrected chi connectivity index (χ0v) is 9.64. The highest BCUT2D eigenvalue weighted by molar-refractivity contribution is 5.96. The van der Waals surface area contributed by atoms with Crippen molar-refractivity contribution < 1.29 is 9.90 Å². The fourth-order valence-corrected chi connectivity index (χ4v) is 1.77. The van der Waals surface area contributed by atoms with Gasteiger partial charge in [0.05, 0.1) is 11.4 Å². The minimum absolute atomic E-state index is 0.168. The van der Waals surface area contributed by atoms with Gasteiger partial charge in [0, 0.05) is 5.56 Å². The molecule has 0 saturated heterocycles. The summed E-state index contributed by atoms with van der Waals surface area (Å²) in [5, 5.41) is 9.22. The summed E-state index contributed by atoms with van der Waals surface area (Å²) < 4.78 is 0. The Morgan fingerprint density at radius 2 is 1.88 bits per heavy atom. The van der Waals surface area contributed by atoms with Crippen LogP contribution in [0.2, 0.25) is 0 Å². The highest BCUT2D eigenvalue weighted by Gasteiger charge is 2.17. The standard InChI is InChI=1S/C13H12N2O2/c1-8-5-3-4-6-10(8)12-11(13(16)17)9(2)14-7-15-12/h3-7H,1-2H3,(H,16,17). The van der Waals surface area contributed by atoms with E-state index < -0.39 is 5.97 Å². The maximum Gasteiger partial charge on any atom is 0.339 e. The molecule has 1 aromatic carbocycles. The molecule has 86 valence electrons. The Hall–Kier alpha value is -2.23. The Labute approximate surface area is 99.0 Å². The van der Waals surface area contributed by atoms with E-state index in [0.29, 0.717) is 11.4 Å². The summed E-state index contributed by atoms with van der Waals surface area (Å²) in [5.74, 6) is -0.999. The van der Waals surface area contributed by atoms with Crippen molar-refractivity contribution in [2.24, 2.45) is 0 Å². The number of aromatic carboxylic acids is 1. The molecule has 0 amide bonds. The van der Waals surface area contributed by atoms with Crippen molar-refractivity contribution >= 4 is 5.97 Å². The van der Waals surface area contributed by atoms with Crippen LogP contribution in [0.1, 0.15) is 21.6 Å². The summed E-state index contributed by atoms with van der Waals surface area (Å²) in [5.41, 5.74) is 2.94. The lowest BCUT2D eigenvalue weighted by Crippen LogP contribution is -2.06. The number of aryl methyl sites for hydroxylation is 2. The summed E-state index contributed by atoms with van der Waals surface area (Å²) in [6, 6.07) is 7.57. The minimum atomic E-state index is -0.999. The van der Waals surface area contributed by atoms with Gasteiger partial charge in [0.1, 0.15) is 11.9 Å². The lowest BCUT2D eigenvalue weighted by Gasteiger charge is -2.09. The molecule has 0 radical (unpaired) electrons. The maximum absolute atomic E-state index is 11.2. The summed E-state index contributed by atoms with van der Waals surface area (Å²) in [6.07, 6.45) is 1.39.